The van der Waals surface area contributed by atoms with Crippen molar-refractivity contribution in [3.05, 3.63) is 52.8 Å². The van der Waals surface area contributed by atoms with Crippen LogP contribution >= 0.6 is 0 Å². The van der Waals surface area contributed by atoms with Gasteiger partial charge < -0.3 is 10.4 Å². The third kappa shape index (κ3) is 3.54. The molecule has 0 aliphatic carbocycles. The molecule has 1 aromatic carbocycles. The first-order chi connectivity index (χ1) is 10.4. The fourth-order valence-electron chi connectivity index (χ4n) is 2.23. The summed E-state index contributed by atoms with van der Waals surface area (Å²) < 4.78 is 1.65. The van der Waals surface area contributed by atoms with E-state index in [0.29, 0.717) is 11.5 Å². The second kappa shape index (κ2) is 6.75. The second-order valence-corrected chi connectivity index (χ2v) is 5.81. The Morgan fingerprint density at radius 1 is 1.27 bits per heavy atom. The van der Waals surface area contributed by atoms with E-state index in [9.17, 15) is 9.90 Å². The molecular formula is C17H23N3O2. The zero-order valence-corrected chi connectivity index (χ0v) is 13.5. The van der Waals surface area contributed by atoms with Crippen molar-refractivity contribution in [2.24, 2.45) is 7.05 Å². The molecule has 2 rings (SSSR count). The number of benzene rings is 1. The zero-order chi connectivity index (χ0) is 16.3. The van der Waals surface area contributed by atoms with Gasteiger partial charge in [-0.05, 0) is 24.0 Å². The molecule has 1 heterocycles. The first kappa shape index (κ1) is 16.2. The van der Waals surface area contributed by atoms with Gasteiger partial charge in [0.2, 0.25) is 0 Å². The fourth-order valence-corrected chi connectivity index (χ4v) is 2.23. The summed E-state index contributed by atoms with van der Waals surface area (Å²) in [6.07, 6.45) is 0.816. The summed E-state index contributed by atoms with van der Waals surface area (Å²) in [6.45, 7) is 6.26. The summed E-state index contributed by atoms with van der Waals surface area (Å²) in [5.74, 6) is 0.239. The van der Waals surface area contributed by atoms with E-state index < -0.39 is 6.10 Å². The molecule has 2 aromatic rings. The molecule has 0 saturated carbocycles. The lowest BCUT2D eigenvalue weighted by Gasteiger charge is -2.13. The first-order valence-corrected chi connectivity index (χ1v) is 7.45. The number of aliphatic hydroxyl groups excluding tert-OH is 1. The molecular weight excluding hydrogens is 278 g/mol. The van der Waals surface area contributed by atoms with Gasteiger partial charge in [0.05, 0.1) is 17.9 Å². The number of carbonyl (C=O) groups excluding carboxylic acids is 1. The molecule has 118 valence electrons. The smallest absolute Gasteiger partial charge is 0.254 e. The summed E-state index contributed by atoms with van der Waals surface area (Å²) in [4.78, 5) is 12.1. The van der Waals surface area contributed by atoms with Crippen molar-refractivity contribution in [3.63, 3.8) is 0 Å². The number of nitrogens with one attached hydrogen (secondary N) is 1. The highest BCUT2D eigenvalue weighted by Gasteiger charge is 2.15. The van der Waals surface area contributed by atoms with Crippen molar-refractivity contribution in [3.8, 4) is 0 Å². The highest BCUT2D eigenvalue weighted by atomic mass is 16.3. The number of aliphatic hydroxyl groups is 1. The van der Waals surface area contributed by atoms with Gasteiger partial charge in [-0.25, -0.2) is 0 Å². The Morgan fingerprint density at radius 2 is 1.86 bits per heavy atom. The SMILES string of the molecule is Cc1c(C(=O)NCC(O)c2ccc(C(C)C)cc2)cnn1C. The molecule has 1 amide bonds. The number of carbonyl (C=O) groups is 1. The van der Waals surface area contributed by atoms with Gasteiger partial charge in [-0.3, -0.25) is 9.48 Å². The topological polar surface area (TPSA) is 67.2 Å². The van der Waals surface area contributed by atoms with Crippen LogP contribution < -0.4 is 5.32 Å². The molecule has 0 saturated heterocycles. The van der Waals surface area contributed by atoms with Crippen LogP contribution in [0.5, 0.6) is 0 Å². The van der Waals surface area contributed by atoms with Crippen molar-refractivity contribution in [2.75, 3.05) is 6.54 Å². The molecule has 0 bridgehead atoms. The number of aromatic nitrogens is 2. The Bertz CT molecular complexity index is 644. The number of amides is 1. The van der Waals surface area contributed by atoms with Crippen LogP contribution in [0.2, 0.25) is 0 Å². The van der Waals surface area contributed by atoms with E-state index in [0.717, 1.165) is 11.3 Å². The minimum atomic E-state index is -0.720. The minimum absolute atomic E-state index is 0.175. The van der Waals surface area contributed by atoms with Gasteiger partial charge in [0.25, 0.3) is 5.91 Å². The van der Waals surface area contributed by atoms with E-state index in [4.69, 9.17) is 0 Å². The van der Waals surface area contributed by atoms with Crippen molar-refractivity contribution >= 4 is 5.91 Å². The Morgan fingerprint density at radius 3 is 2.36 bits per heavy atom. The van der Waals surface area contributed by atoms with Gasteiger partial charge in [0.1, 0.15) is 0 Å². The van der Waals surface area contributed by atoms with Crippen molar-refractivity contribution < 1.29 is 9.90 Å². The van der Waals surface area contributed by atoms with Gasteiger partial charge in [-0.1, -0.05) is 38.1 Å². The van der Waals surface area contributed by atoms with Crippen LogP contribution in [0.15, 0.2) is 30.5 Å². The molecule has 0 spiro atoms. The molecule has 22 heavy (non-hydrogen) atoms. The van der Waals surface area contributed by atoms with E-state index in [1.165, 1.54) is 11.8 Å². The number of aryl methyl sites for hydroxylation is 1. The summed E-state index contributed by atoms with van der Waals surface area (Å²) in [5.41, 5.74) is 3.36. The maximum absolute atomic E-state index is 12.1. The maximum atomic E-state index is 12.1. The monoisotopic (exact) mass is 301 g/mol. The summed E-state index contributed by atoms with van der Waals surface area (Å²) >= 11 is 0. The molecule has 5 nitrogen and oxygen atoms in total. The maximum Gasteiger partial charge on any atom is 0.254 e. The molecule has 0 aliphatic heterocycles. The number of nitrogens with zero attached hydrogens (tertiary/aromatic N) is 2. The highest BCUT2D eigenvalue weighted by molar-refractivity contribution is 5.95. The Balaban J connectivity index is 1.96. The van der Waals surface area contributed by atoms with Crippen LogP contribution in [-0.4, -0.2) is 27.3 Å². The summed E-state index contributed by atoms with van der Waals surface area (Å²) in [7, 11) is 1.79. The van der Waals surface area contributed by atoms with Crippen LogP contribution in [0.4, 0.5) is 0 Å². The van der Waals surface area contributed by atoms with Gasteiger partial charge in [0.15, 0.2) is 0 Å². The molecule has 0 fully saturated rings. The largest absolute Gasteiger partial charge is 0.387 e. The van der Waals surface area contributed by atoms with Gasteiger partial charge in [0, 0.05) is 19.3 Å². The van der Waals surface area contributed by atoms with E-state index in [1.807, 2.05) is 31.2 Å². The zero-order valence-electron chi connectivity index (χ0n) is 13.5. The van der Waals surface area contributed by atoms with Crippen molar-refractivity contribution in [1.29, 1.82) is 0 Å². The molecule has 1 unspecified atom stereocenters. The second-order valence-electron chi connectivity index (χ2n) is 5.81. The molecule has 1 aromatic heterocycles. The number of hydrogen-bond donors (Lipinski definition) is 2. The highest BCUT2D eigenvalue weighted by Crippen LogP contribution is 2.18. The third-order valence-electron chi connectivity index (χ3n) is 3.92. The van der Waals surface area contributed by atoms with Crippen LogP contribution in [-0.2, 0) is 7.05 Å². The Kier molecular flexibility index (Phi) is 4.98. The lowest BCUT2D eigenvalue weighted by Crippen LogP contribution is -2.28. The standard InChI is InChI=1S/C17H23N3O2/c1-11(2)13-5-7-14(8-6-13)16(21)10-18-17(22)15-9-19-20(4)12(15)3/h5-9,11,16,21H,10H2,1-4H3,(H,18,22). The summed E-state index contributed by atoms with van der Waals surface area (Å²) in [5, 5.41) is 17.0. The lowest BCUT2D eigenvalue weighted by atomic mass is 10.00. The number of rotatable bonds is 5. The van der Waals surface area contributed by atoms with Gasteiger partial charge in [-0.2, -0.15) is 5.10 Å². The van der Waals surface area contributed by atoms with Gasteiger partial charge in [-0.15, -0.1) is 0 Å². The van der Waals surface area contributed by atoms with E-state index >= 15 is 0 Å². The Hall–Kier alpha value is -2.14. The average molecular weight is 301 g/mol. The van der Waals surface area contributed by atoms with E-state index in [1.54, 1.807) is 11.7 Å². The van der Waals surface area contributed by atoms with Crippen LogP contribution in [0.1, 0.15) is 53.0 Å². The normalized spacial score (nSPS) is 12.5. The number of hydrogen-bond acceptors (Lipinski definition) is 3. The van der Waals surface area contributed by atoms with E-state index in [-0.39, 0.29) is 12.5 Å². The third-order valence-corrected chi connectivity index (χ3v) is 3.92. The van der Waals surface area contributed by atoms with Gasteiger partial charge >= 0.3 is 0 Å². The van der Waals surface area contributed by atoms with Crippen LogP contribution in [0.3, 0.4) is 0 Å². The van der Waals surface area contributed by atoms with E-state index in [2.05, 4.69) is 24.3 Å². The molecule has 0 radical (unpaired) electrons. The van der Waals surface area contributed by atoms with Crippen molar-refractivity contribution in [1.82, 2.24) is 15.1 Å². The Labute approximate surface area is 131 Å². The first-order valence-electron chi connectivity index (χ1n) is 7.45. The quantitative estimate of drug-likeness (QED) is 0.890. The van der Waals surface area contributed by atoms with Crippen molar-refractivity contribution in [2.45, 2.75) is 32.8 Å². The molecule has 1 atom stereocenters. The van der Waals surface area contributed by atoms with Crippen LogP contribution in [0.25, 0.3) is 0 Å². The summed E-state index contributed by atoms with van der Waals surface area (Å²) in [6, 6.07) is 7.83. The fraction of sp³-hybridized carbons (Fsp3) is 0.412. The predicted octanol–water partition coefficient (Wildman–Crippen LogP) is 2.32. The lowest BCUT2D eigenvalue weighted by molar-refractivity contribution is 0.0915. The molecule has 5 heteroatoms. The predicted molar refractivity (Wildman–Crippen MR) is 85.8 cm³/mol. The average Bonchev–Trinajstić information content (AvgIpc) is 2.84. The van der Waals surface area contributed by atoms with Crippen LogP contribution in [0, 0.1) is 6.92 Å². The minimum Gasteiger partial charge on any atom is -0.387 e. The molecule has 2 N–H and O–H groups in total. The molecule has 0 aliphatic rings.